The first-order valence-corrected chi connectivity index (χ1v) is 11.6. The standard InChI is InChI=1S/C24H21N3O4S2/c1-3-25(4-2)17-9-11-18(12-10-17)26-23(28)22(33-24(26)32)15-20-13-14-21(31-20)16-5-7-19(8-6-16)27(29)30/h5-15H,3-4H2,1-2H3/b22-15-. The molecule has 2 heterocycles. The van der Waals surface area contributed by atoms with E-state index in [1.807, 2.05) is 24.3 Å². The predicted molar refractivity (Wildman–Crippen MR) is 136 cm³/mol. The fourth-order valence-corrected chi connectivity index (χ4v) is 4.83. The van der Waals surface area contributed by atoms with Crippen molar-refractivity contribution in [3.05, 3.63) is 81.4 Å². The van der Waals surface area contributed by atoms with Gasteiger partial charge in [0.15, 0.2) is 4.32 Å². The monoisotopic (exact) mass is 479 g/mol. The molecule has 3 aromatic rings. The maximum atomic E-state index is 13.1. The Morgan fingerprint density at radius 2 is 1.73 bits per heavy atom. The highest BCUT2D eigenvalue weighted by molar-refractivity contribution is 8.27. The van der Waals surface area contributed by atoms with Gasteiger partial charge in [0.2, 0.25) is 0 Å². The van der Waals surface area contributed by atoms with Gasteiger partial charge in [-0.15, -0.1) is 0 Å². The molecule has 0 unspecified atom stereocenters. The molecule has 0 saturated carbocycles. The van der Waals surface area contributed by atoms with Crippen LogP contribution in [0.1, 0.15) is 19.6 Å². The maximum absolute atomic E-state index is 13.1. The average Bonchev–Trinajstić information content (AvgIpc) is 3.39. The first kappa shape index (κ1) is 22.8. The molecule has 4 rings (SSSR count). The van der Waals surface area contributed by atoms with Gasteiger partial charge < -0.3 is 9.32 Å². The van der Waals surface area contributed by atoms with Gasteiger partial charge in [0, 0.05) is 42.5 Å². The highest BCUT2D eigenvalue weighted by Crippen LogP contribution is 2.37. The number of hydrogen-bond acceptors (Lipinski definition) is 7. The Bertz CT molecular complexity index is 1230. The Kier molecular flexibility index (Phi) is 6.62. The van der Waals surface area contributed by atoms with Gasteiger partial charge in [0.1, 0.15) is 11.5 Å². The zero-order valence-corrected chi connectivity index (χ0v) is 19.7. The second-order valence-electron chi connectivity index (χ2n) is 7.21. The second-order valence-corrected chi connectivity index (χ2v) is 8.89. The van der Waals surface area contributed by atoms with E-state index < -0.39 is 4.92 Å². The van der Waals surface area contributed by atoms with Crippen molar-refractivity contribution in [1.29, 1.82) is 0 Å². The Hall–Kier alpha value is -3.43. The Balaban J connectivity index is 1.53. The van der Waals surface area contributed by atoms with E-state index in [9.17, 15) is 14.9 Å². The van der Waals surface area contributed by atoms with Crippen LogP contribution in [0.3, 0.4) is 0 Å². The summed E-state index contributed by atoms with van der Waals surface area (Å²) in [5.74, 6) is 0.855. The van der Waals surface area contributed by atoms with Gasteiger partial charge in [-0.05, 0) is 62.4 Å². The van der Waals surface area contributed by atoms with Crippen LogP contribution in [0.25, 0.3) is 17.4 Å². The van der Waals surface area contributed by atoms with Gasteiger partial charge >= 0.3 is 0 Å². The molecule has 7 nitrogen and oxygen atoms in total. The van der Waals surface area contributed by atoms with Crippen LogP contribution in [-0.4, -0.2) is 28.2 Å². The number of nitro benzene ring substituents is 1. The Morgan fingerprint density at radius 3 is 2.33 bits per heavy atom. The third-order valence-corrected chi connectivity index (χ3v) is 6.60. The summed E-state index contributed by atoms with van der Waals surface area (Å²) in [4.78, 5) is 27.7. The minimum atomic E-state index is -0.448. The molecule has 1 amide bonds. The summed E-state index contributed by atoms with van der Waals surface area (Å²) in [6.45, 7) is 6.02. The average molecular weight is 480 g/mol. The number of rotatable bonds is 7. The molecule has 0 N–H and O–H groups in total. The topological polar surface area (TPSA) is 79.8 Å². The number of nitro groups is 1. The van der Waals surface area contributed by atoms with Crippen LogP contribution in [-0.2, 0) is 4.79 Å². The third-order valence-electron chi connectivity index (χ3n) is 5.29. The normalized spacial score (nSPS) is 14.8. The van der Waals surface area contributed by atoms with Crippen LogP contribution in [0.2, 0.25) is 0 Å². The lowest BCUT2D eigenvalue weighted by Crippen LogP contribution is -2.27. The molecule has 0 bridgehead atoms. The summed E-state index contributed by atoms with van der Waals surface area (Å²) in [5, 5.41) is 10.8. The fraction of sp³-hybridized carbons (Fsp3) is 0.167. The first-order valence-electron chi connectivity index (χ1n) is 10.4. The van der Waals surface area contributed by atoms with Crippen molar-refractivity contribution in [1.82, 2.24) is 0 Å². The number of carbonyl (C=O) groups is 1. The molecule has 0 radical (unpaired) electrons. The van der Waals surface area contributed by atoms with Crippen molar-refractivity contribution in [3.8, 4) is 11.3 Å². The first-order chi connectivity index (χ1) is 15.9. The number of anilines is 2. The lowest BCUT2D eigenvalue weighted by Gasteiger charge is -2.22. The molecule has 0 spiro atoms. The van der Waals surface area contributed by atoms with Crippen molar-refractivity contribution < 1.29 is 14.1 Å². The van der Waals surface area contributed by atoms with Crippen LogP contribution < -0.4 is 9.80 Å². The largest absolute Gasteiger partial charge is 0.457 e. The van der Waals surface area contributed by atoms with E-state index in [4.69, 9.17) is 16.6 Å². The quantitative estimate of drug-likeness (QED) is 0.175. The molecule has 2 aromatic carbocycles. The van der Waals surface area contributed by atoms with Crippen molar-refractivity contribution in [2.24, 2.45) is 0 Å². The molecular formula is C24H21N3O4S2. The van der Waals surface area contributed by atoms with E-state index in [1.54, 1.807) is 30.3 Å². The Labute approximate surface area is 200 Å². The number of thioether (sulfide) groups is 1. The summed E-state index contributed by atoms with van der Waals surface area (Å²) < 4.78 is 6.31. The van der Waals surface area contributed by atoms with Crippen LogP contribution in [0.5, 0.6) is 0 Å². The van der Waals surface area contributed by atoms with E-state index in [0.717, 1.165) is 24.5 Å². The highest BCUT2D eigenvalue weighted by atomic mass is 32.2. The fourth-order valence-electron chi connectivity index (χ4n) is 3.55. The minimum absolute atomic E-state index is 0.0133. The van der Waals surface area contributed by atoms with Gasteiger partial charge in [0.05, 0.1) is 15.5 Å². The summed E-state index contributed by atoms with van der Waals surface area (Å²) in [5.41, 5.74) is 2.54. The van der Waals surface area contributed by atoms with Crippen LogP contribution >= 0.6 is 24.0 Å². The number of amides is 1. The molecular weight excluding hydrogens is 458 g/mol. The molecule has 1 aliphatic rings. The zero-order valence-electron chi connectivity index (χ0n) is 18.1. The number of benzene rings is 2. The predicted octanol–water partition coefficient (Wildman–Crippen LogP) is 6.11. The molecule has 9 heteroatoms. The van der Waals surface area contributed by atoms with Gasteiger partial charge in [-0.2, -0.15) is 0 Å². The highest BCUT2D eigenvalue weighted by Gasteiger charge is 2.33. The van der Waals surface area contributed by atoms with Crippen LogP contribution in [0.15, 0.2) is 70.0 Å². The number of carbonyl (C=O) groups excluding carboxylic acids is 1. The van der Waals surface area contributed by atoms with Gasteiger partial charge in [-0.25, -0.2) is 0 Å². The van der Waals surface area contributed by atoms with E-state index in [1.165, 1.54) is 28.8 Å². The molecule has 1 aliphatic heterocycles. The van der Waals surface area contributed by atoms with Gasteiger partial charge in [-0.1, -0.05) is 24.0 Å². The molecule has 0 aliphatic carbocycles. The van der Waals surface area contributed by atoms with Gasteiger partial charge in [0.25, 0.3) is 11.6 Å². The summed E-state index contributed by atoms with van der Waals surface area (Å²) in [6.07, 6.45) is 1.67. The number of furan rings is 1. The third kappa shape index (κ3) is 4.69. The number of hydrogen-bond donors (Lipinski definition) is 0. The molecule has 0 atom stereocenters. The van der Waals surface area contributed by atoms with Crippen LogP contribution in [0, 0.1) is 10.1 Å². The van der Waals surface area contributed by atoms with E-state index in [0.29, 0.717) is 26.3 Å². The number of nitrogens with zero attached hydrogens (tertiary/aromatic N) is 3. The number of thiocarbonyl (C=S) groups is 1. The summed E-state index contributed by atoms with van der Waals surface area (Å²) in [7, 11) is 0. The minimum Gasteiger partial charge on any atom is -0.457 e. The summed E-state index contributed by atoms with van der Waals surface area (Å²) in [6, 6.07) is 17.4. The second kappa shape index (κ2) is 9.60. The lowest BCUT2D eigenvalue weighted by atomic mass is 10.1. The molecule has 168 valence electrons. The smallest absolute Gasteiger partial charge is 0.270 e. The molecule has 1 saturated heterocycles. The molecule has 1 aromatic heterocycles. The van der Waals surface area contributed by atoms with E-state index in [-0.39, 0.29) is 11.6 Å². The Morgan fingerprint density at radius 1 is 1.06 bits per heavy atom. The van der Waals surface area contributed by atoms with Crippen molar-refractivity contribution >= 4 is 57.3 Å². The van der Waals surface area contributed by atoms with Crippen molar-refractivity contribution in [2.75, 3.05) is 22.9 Å². The molecule has 1 fully saturated rings. The summed E-state index contributed by atoms with van der Waals surface area (Å²) >= 11 is 6.69. The SMILES string of the molecule is CCN(CC)c1ccc(N2C(=O)/C(=C/c3ccc(-c4ccc([N+](=O)[O-])cc4)o3)SC2=S)cc1. The van der Waals surface area contributed by atoms with Gasteiger partial charge in [-0.3, -0.25) is 19.8 Å². The van der Waals surface area contributed by atoms with E-state index in [2.05, 4.69) is 18.7 Å². The molecule has 33 heavy (non-hydrogen) atoms. The zero-order chi connectivity index (χ0) is 23.5. The van der Waals surface area contributed by atoms with Crippen molar-refractivity contribution in [2.45, 2.75) is 13.8 Å². The number of non-ortho nitro benzene ring substituents is 1. The lowest BCUT2D eigenvalue weighted by molar-refractivity contribution is -0.384. The maximum Gasteiger partial charge on any atom is 0.270 e. The van der Waals surface area contributed by atoms with E-state index >= 15 is 0 Å². The van der Waals surface area contributed by atoms with Crippen molar-refractivity contribution in [3.63, 3.8) is 0 Å². The van der Waals surface area contributed by atoms with Crippen LogP contribution in [0.4, 0.5) is 17.1 Å².